The summed E-state index contributed by atoms with van der Waals surface area (Å²) in [6, 6.07) is 12.2. The number of fused-ring (bicyclic) bond motifs is 1. The molecule has 0 bridgehead atoms. The molecule has 1 amide bonds. The van der Waals surface area contributed by atoms with E-state index in [0.717, 1.165) is 5.56 Å². The van der Waals surface area contributed by atoms with Crippen molar-refractivity contribution in [2.45, 2.75) is 31.6 Å². The van der Waals surface area contributed by atoms with Gasteiger partial charge in [0, 0.05) is 18.1 Å². The van der Waals surface area contributed by atoms with E-state index >= 15 is 0 Å². The van der Waals surface area contributed by atoms with Crippen LogP contribution in [0.1, 0.15) is 36.9 Å². The smallest absolute Gasteiger partial charge is 0.224 e. The maximum atomic E-state index is 12.9. The molecular weight excluding hydrogens is 452 g/mol. The van der Waals surface area contributed by atoms with E-state index in [1.54, 1.807) is 24.3 Å². The number of rotatable bonds is 6. The van der Waals surface area contributed by atoms with Crippen LogP contribution in [0.3, 0.4) is 0 Å². The Hall–Kier alpha value is -2.29. The SMILES string of the molecule is C[C@H](NC(=O)[C@@H]1CCCN(S(=O)(=O)Cc2ccc(Cl)cc2)C1)c1ccc2c(c1)OCCO2. The Labute approximate surface area is 193 Å². The number of ether oxygens (including phenoxy) is 2. The third kappa shape index (κ3) is 5.36. The van der Waals surface area contributed by atoms with Crippen LogP contribution in [0.25, 0.3) is 0 Å². The van der Waals surface area contributed by atoms with E-state index in [1.807, 2.05) is 25.1 Å². The van der Waals surface area contributed by atoms with Crippen molar-refractivity contribution in [3.05, 3.63) is 58.6 Å². The molecule has 0 spiro atoms. The van der Waals surface area contributed by atoms with Crippen LogP contribution in [0, 0.1) is 5.92 Å². The van der Waals surface area contributed by atoms with Gasteiger partial charge in [-0.2, -0.15) is 0 Å². The fraction of sp³-hybridized carbons (Fsp3) is 0.435. The predicted molar refractivity (Wildman–Crippen MR) is 122 cm³/mol. The largest absolute Gasteiger partial charge is 0.486 e. The number of nitrogens with zero attached hydrogens (tertiary/aromatic N) is 1. The molecule has 2 aromatic rings. The average Bonchev–Trinajstić information content (AvgIpc) is 2.80. The lowest BCUT2D eigenvalue weighted by Gasteiger charge is -2.32. The molecule has 2 aliphatic heterocycles. The van der Waals surface area contributed by atoms with Crippen LogP contribution in [0.4, 0.5) is 0 Å². The summed E-state index contributed by atoms with van der Waals surface area (Å²) in [5.41, 5.74) is 1.58. The van der Waals surface area contributed by atoms with Crippen LogP contribution in [0.2, 0.25) is 5.02 Å². The number of hydrogen-bond acceptors (Lipinski definition) is 5. The van der Waals surface area contributed by atoms with Gasteiger partial charge in [0.2, 0.25) is 15.9 Å². The maximum Gasteiger partial charge on any atom is 0.224 e. The molecule has 0 radical (unpaired) electrons. The average molecular weight is 479 g/mol. The molecule has 0 aliphatic carbocycles. The van der Waals surface area contributed by atoms with Gasteiger partial charge in [0.05, 0.1) is 17.7 Å². The predicted octanol–water partition coefficient (Wildman–Crippen LogP) is 3.53. The summed E-state index contributed by atoms with van der Waals surface area (Å²) in [6.45, 7) is 3.55. The van der Waals surface area contributed by atoms with E-state index in [9.17, 15) is 13.2 Å². The molecule has 1 N–H and O–H groups in total. The molecule has 2 aliphatic rings. The standard InChI is InChI=1S/C23H27ClN2O5S/c1-16(18-6-9-21-22(13-18)31-12-11-30-21)25-23(27)19-3-2-10-26(14-19)32(28,29)15-17-4-7-20(24)8-5-17/h4-9,13,16,19H,2-3,10-12,14-15H2,1H3,(H,25,27)/t16-,19+/m0/s1. The van der Waals surface area contributed by atoms with Crippen molar-refractivity contribution in [1.29, 1.82) is 0 Å². The van der Waals surface area contributed by atoms with Crippen molar-refractivity contribution >= 4 is 27.5 Å². The van der Waals surface area contributed by atoms with Gasteiger partial charge in [0.15, 0.2) is 11.5 Å². The van der Waals surface area contributed by atoms with E-state index in [1.165, 1.54) is 4.31 Å². The van der Waals surface area contributed by atoms with E-state index in [2.05, 4.69) is 5.32 Å². The van der Waals surface area contributed by atoms with Gasteiger partial charge in [-0.1, -0.05) is 29.8 Å². The van der Waals surface area contributed by atoms with Crippen LogP contribution < -0.4 is 14.8 Å². The molecule has 1 saturated heterocycles. The minimum Gasteiger partial charge on any atom is -0.486 e. The van der Waals surface area contributed by atoms with Gasteiger partial charge < -0.3 is 14.8 Å². The molecule has 4 rings (SSSR count). The van der Waals surface area contributed by atoms with Gasteiger partial charge in [-0.15, -0.1) is 0 Å². The molecule has 2 atom stereocenters. The minimum absolute atomic E-state index is 0.105. The molecule has 9 heteroatoms. The number of hydrogen-bond donors (Lipinski definition) is 1. The van der Waals surface area contributed by atoms with E-state index in [4.69, 9.17) is 21.1 Å². The zero-order chi connectivity index (χ0) is 22.7. The van der Waals surface area contributed by atoms with E-state index in [0.29, 0.717) is 54.7 Å². The fourth-order valence-corrected chi connectivity index (χ4v) is 5.77. The van der Waals surface area contributed by atoms with Crippen molar-refractivity contribution in [1.82, 2.24) is 9.62 Å². The highest BCUT2D eigenvalue weighted by atomic mass is 35.5. The first-order valence-corrected chi connectivity index (χ1v) is 12.7. The van der Waals surface area contributed by atoms with E-state index < -0.39 is 10.0 Å². The second-order valence-corrected chi connectivity index (χ2v) is 10.6. The van der Waals surface area contributed by atoms with Crippen molar-refractivity contribution in [2.75, 3.05) is 26.3 Å². The summed E-state index contributed by atoms with van der Waals surface area (Å²) in [6.07, 6.45) is 1.31. The zero-order valence-corrected chi connectivity index (χ0v) is 19.5. The summed E-state index contributed by atoms with van der Waals surface area (Å²) in [5, 5.41) is 3.59. The fourth-order valence-electron chi connectivity index (χ4n) is 4.04. The van der Waals surface area contributed by atoms with Crippen LogP contribution in [-0.2, 0) is 20.6 Å². The number of benzene rings is 2. The highest BCUT2D eigenvalue weighted by Gasteiger charge is 2.33. The minimum atomic E-state index is -3.53. The lowest BCUT2D eigenvalue weighted by atomic mass is 9.97. The molecule has 2 aromatic carbocycles. The molecule has 32 heavy (non-hydrogen) atoms. The third-order valence-corrected chi connectivity index (χ3v) is 7.90. The first-order valence-electron chi connectivity index (χ1n) is 10.7. The van der Waals surface area contributed by atoms with Crippen molar-refractivity contribution < 1.29 is 22.7 Å². The Kier molecular flexibility index (Phi) is 6.93. The first kappa shape index (κ1) is 22.9. The van der Waals surface area contributed by atoms with Gasteiger partial charge in [0.25, 0.3) is 0 Å². The number of nitrogens with one attached hydrogen (secondary N) is 1. The highest BCUT2D eigenvalue weighted by molar-refractivity contribution is 7.88. The Morgan fingerprint density at radius 1 is 1.16 bits per heavy atom. The second kappa shape index (κ2) is 9.68. The van der Waals surface area contributed by atoms with Gasteiger partial charge >= 0.3 is 0 Å². The summed E-state index contributed by atoms with van der Waals surface area (Å²) in [7, 11) is -3.53. The summed E-state index contributed by atoms with van der Waals surface area (Å²) >= 11 is 5.89. The van der Waals surface area contributed by atoms with Crippen LogP contribution >= 0.6 is 11.6 Å². The lowest BCUT2D eigenvalue weighted by molar-refractivity contribution is -0.126. The lowest BCUT2D eigenvalue weighted by Crippen LogP contribution is -2.46. The molecule has 172 valence electrons. The summed E-state index contributed by atoms with van der Waals surface area (Å²) < 4.78 is 38.5. The van der Waals surface area contributed by atoms with Crippen LogP contribution in [-0.4, -0.2) is 44.9 Å². The number of carbonyl (C=O) groups is 1. The third-order valence-electron chi connectivity index (χ3n) is 5.84. The molecule has 1 fully saturated rings. The molecular formula is C23H27ClN2O5S. The topological polar surface area (TPSA) is 84.9 Å². The summed E-state index contributed by atoms with van der Waals surface area (Å²) in [4.78, 5) is 12.9. The van der Waals surface area contributed by atoms with Crippen LogP contribution in [0.5, 0.6) is 11.5 Å². The zero-order valence-electron chi connectivity index (χ0n) is 17.9. The highest BCUT2D eigenvalue weighted by Crippen LogP contribution is 2.33. The normalized spacial score (nSPS) is 19.9. The first-order chi connectivity index (χ1) is 15.3. The second-order valence-electron chi connectivity index (χ2n) is 8.21. The number of piperidine rings is 1. The molecule has 0 unspecified atom stereocenters. The van der Waals surface area contributed by atoms with Gasteiger partial charge in [-0.25, -0.2) is 12.7 Å². The quantitative estimate of drug-likeness (QED) is 0.686. The maximum absolute atomic E-state index is 12.9. The van der Waals surface area contributed by atoms with Gasteiger partial charge in [0.1, 0.15) is 13.2 Å². The van der Waals surface area contributed by atoms with Crippen molar-refractivity contribution in [3.8, 4) is 11.5 Å². The van der Waals surface area contributed by atoms with Crippen LogP contribution in [0.15, 0.2) is 42.5 Å². The molecule has 0 aromatic heterocycles. The Balaban J connectivity index is 1.38. The monoisotopic (exact) mass is 478 g/mol. The Morgan fingerprint density at radius 2 is 1.88 bits per heavy atom. The van der Waals surface area contributed by atoms with Gasteiger partial charge in [-0.05, 0) is 55.2 Å². The van der Waals surface area contributed by atoms with E-state index in [-0.39, 0.29) is 30.2 Å². The van der Waals surface area contributed by atoms with Crippen molar-refractivity contribution in [2.24, 2.45) is 5.92 Å². The number of amides is 1. The summed E-state index contributed by atoms with van der Waals surface area (Å²) in [5.74, 6) is 0.744. The molecule has 7 nitrogen and oxygen atoms in total. The Morgan fingerprint density at radius 3 is 2.62 bits per heavy atom. The van der Waals surface area contributed by atoms with Gasteiger partial charge in [-0.3, -0.25) is 4.79 Å². The molecule has 0 saturated carbocycles. The Bertz CT molecular complexity index is 1070. The number of sulfonamides is 1. The molecule has 2 heterocycles. The number of halogens is 1. The van der Waals surface area contributed by atoms with Crippen molar-refractivity contribution in [3.63, 3.8) is 0 Å². The number of carbonyl (C=O) groups excluding carboxylic acids is 1.